The van der Waals surface area contributed by atoms with Crippen LogP contribution in [0.5, 0.6) is 0 Å². The smallest absolute Gasteiger partial charge is 0.337 e. The van der Waals surface area contributed by atoms with Crippen molar-refractivity contribution in [3.63, 3.8) is 0 Å². The molecule has 1 heterocycles. The topological polar surface area (TPSA) is 55.8 Å². The molecule has 4 nitrogen and oxygen atoms in total. The third-order valence-corrected chi connectivity index (χ3v) is 3.55. The van der Waals surface area contributed by atoms with Gasteiger partial charge in [0.15, 0.2) is 0 Å². The molecule has 0 amide bonds. The van der Waals surface area contributed by atoms with E-state index in [4.69, 9.17) is 9.47 Å². The van der Waals surface area contributed by atoms with Gasteiger partial charge in [0.05, 0.1) is 12.2 Å². The number of rotatable bonds is 3. The van der Waals surface area contributed by atoms with Crippen LogP contribution in [0.25, 0.3) is 10.8 Å². The maximum Gasteiger partial charge on any atom is 0.337 e. The molecule has 114 valence electrons. The molecule has 4 heteroatoms. The van der Waals surface area contributed by atoms with Gasteiger partial charge in [-0.3, -0.25) is 0 Å². The molecule has 0 spiro atoms. The summed E-state index contributed by atoms with van der Waals surface area (Å²) < 4.78 is 10.6. The number of hydrogen-bond acceptors (Lipinski definition) is 4. The summed E-state index contributed by atoms with van der Waals surface area (Å²) in [7, 11) is 0. The molecule has 0 saturated carbocycles. The summed E-state index contributed by atoms with van der Waals surface area (Å²) in [5.74, 6) is -1.01. The SMILES string of the molecule is CC1(C)OC(=O)C=C(C[C@@H](O)c2ccc3ccccc3c2)O1. The summed E-state index contributed by atoms with van der Waals surface area (Å²) in [6, 6.07) is 13.8. The minimum absolute atomic E-state index is 0.233. The largest absolute Gasteiger partial charge is 0.457 e. The number of aliphatic hydroxyl groups excluding tert-OH is 1. The lowest BCUT2D eigenvalue weighted by Gasteiger charge is -2.31. The fraction of sp³-hybridized carbons (Fsp3) is 0.278. The lowest BCUT2D eigenvalue weighted by atomic mass is 10.0. The van der Waals surface area contributed by atoms with Crippen LogP contribution < -0.4 is 0 Å². The lowest BCUT2D eigenvalue weighted by molar-refractivity contribution is -0.206. The van der Waals surface area contributed by atoms with E-state index in [-0.39, 0.29) is 6.42 Å². The number of carbonyl (C=O) groups excluding carboxylic acids is 1. The van der Waals surface area contributed by atoms with E-state index in [0.717, 1.165) is 16.3 Å². The Morgan fingerprint density at radius 3 is 2.55 bits per heavy atom. The Bertz CT molecular complexity index is 746. The van der Waals surface area contributed by atoms with E-state index in [2.05, 4.69) is 0 Å². The lowest BCUT2D eigenvalue weighted by Crippen LogP contribution is -2.34. The van der Waals surface area contributed by atoms with Gasteiger partial charge >= 0.3 is 5.97 Å². The highest BCUT2D eigenvalue weighted by atomic mass is 16.7. The van der Waals surface area contributed by atoms with Crippen LogP contribution in [0.3, 0.4) is 0 Å². The standard InChI is InChI=1S/C18H18O4/c1-18(2)21-15(11-17(20)22-18)10-16(19)14-8-7-12-5-3-4-6-13(12)9-14/h3-9,11,16,19H,10H2,1-2H3/t16-/m1/s1. The summed E-state index contributed by atoms with van der Waals surface area (Å²) in [5.41, 5.74) is 0.792. The van der Waals surface area contributed by atoms with Gasteiger partial charge in [-0.25, -0.2) is 4.79 Å². The summed E-state index contributed by atoms with van der Waals surface area (Å²) in [6.45, 7) is 3.33. The van der Waals surface area contributed by atoms with E-state index in [1.54, 1.807) is 13.8 Å². The van der Waals surface area contributed by atoms with Crippen LogP contribution in [-0.4, -0.2) is 16.9 Å². The van der Waals surface area contributed by atoms with Crippen molar-refractivity contribution >= 4 is 16.7 Å². The second-order valence-corrected chi connectivity index (χ2v) is 5.86. The van der Waals surface area contributed by atoms with Crippen LogP contribution in [0.1, 0.15) is 31.9 Å². The van der Waals surface area contributed by atoms with Crippen molar-refractivity contribution < 1.29 is 19.4 Å². The Kier molecular flexibility index (Phi) is 3.62. The molecule has 2 aromatic rings. The Labute approximate surface area is 129 Å². The Morgan fingerprint density at radius 1 is 1.09 bits per heavy atom. The zero-order chi connectivity index (χ0) is 15.7. The summed E-state index contributed by atoms with van der Waals surface area (Å²) in [5, 5.41) is 12.6. The fourth-order valence-corrected chi connectivity index (χ4v) is 2.59. The van der Waals surface area contributed by atoms with Crippen molar-refractivity contribution in [2.45, 2.75) is 32.2 Å². The summed E-state index contributed by atoms with van der Waals surface area (Å²) in [6.07, 6.45) is 0.782. The van der Waals surface area contributed by atoms with Gasteiger partial charge in [0, 0.05) is 20.3 Å². The molecule has 1 aliphatic heterocycles. The molecule has 0 aromatic heterocycles. The zero-order valence-electron chi connectivity index (χ0n) is 12.6. The van der Waals surface area contributed by atoms with Crippen molar-refractivity contribution in [2.75, 3.05) is 0 Å². The maximum absolute atomic E-state index is 11.5. The first-order valence-electron chi connectivity index (χ1n) is 7.22. The van der Waals surface area contributed by atoms with Crippen LogP contribution in [0.15, 0.2) is 54.3 Å². The third kappa shape index (κ3) is 3.12. The molecule has 1 aliphatic rings. The number of aliphatic hydroxyl groups is 1. The first kappa shape index (κ1) is 14.6. The molecular weight excluding hydrogens is 280 g/mol. The summed E-state index contributed by atoms with van der Waals surface area (Å²) >= 11 is 0. The van der Waals surface area contributed by atoms with Gasteiger partial charge in [0.2, 0.25) is 5.79 Å². The molecule has 1 N–H and O–H groups in total. The molecule has 0 radical (unpaired) electrons. The van der Waals surface area contributed by atoms with E-state index < -0.39 is 17.9 Å². The van der Waals surface area contributed by atoms with Crippen molar-refractivity contribution in [3.05, 3.63) is 59.9 Å². The average Bonchev–Trinajstić information content (AvgIpc) is 2.44. The zero-order valence-corrected chi connectivity index (χ0v) is 12.6. The molecule has 22 heavy (non-hydrogen) atoms. The summed E-state index contributed by atoms with van der Waals surface area (Å²) in [4.78, 5) is 11.5. The quantitative estimate of drug-likeness (QED) is 0.882. The maximum atomic E-state index is 11.5. The Morgan fingerprint density at radius 2 is 1.82 bits per heavy atom. The van der Waals surface area contributed by atoms with Crippen molar-refractivity contribution in [2.24, 2.45) is 0 Å². The molecule has 0 unspecified atom stereocenters. The molecule has 3 rings (SSSR count). The number of benzene rings is 2. The van der Waals surface area contributed by atoms with E-state index in [9.17, 15) is 9.90 Å². The van der Waals surface area contributed by atoms with Crippen LogP contribution in [0.4, 0.5) is 0 Å². The second kappa shape index (κ2) is 5.46. The minimum atomic E-state index is -0.996. The highest BCUT2D eigenvalue weighted by Gasteiger charge is 2.30. The molecule has 2 aromatic carbocycles. The van der Waals surface area contributed by atoms with Crippen LogP contribution >= 0.6 is 0 Å². The van der Waals surface area contributed by atoms with Gasteiger partial charge in [-0.15, -0.1) is 0 Å². The average molecular weight is 298 g/mol. The van der Waals surface area contributed by atoms with Crippen LogP contribution in [-0.2, 0) is 14.3 Å². The molecular formula is C18H18O4. The van der Waals surface area contributed by atoms with Crippen molar-refractivity contribution in [1.82, 2.24) is 0 Å². The first-order chi connectivity index (χ1) is 10.4. The number of esters is 1. The third-order valence-electron chi connectivity index (χ3n) is 3.55. The molecule has 0 saturated heterocycles. The van der Waals surface area contributed by atoms with Gasteiger partial charge in [-0.2, -0.15) is 0 Å². The monoisotopic (exact) mass is 298 g/mol. The highest BCUT2D eigenvalue weighted by Crippen LogP contribution is 2.30. The van der Waals surface area contributed by atoms with Crippen LogP contribution in [0, 0.1) is 0 Å². The van der Waals surface area contributed by atoms with Gasteiger partial charge in [0.25, 0.3) is 0 Å². The molecule has 0 bridgehead atoms. The Balaban J connectivity index is 1.81. The van der Waals surface area contributed by atoms with Gasteiger partial charge in [-0.1, -0.05) is 36.4 Å². The molecule has 0 aliphatic carbocycles. The normalized spacial score (nSPS) is 18.3. The second-order valence-electron chi connectivity index (χ2n) is 5.86. The van der Waals surface area contributed by atoms with Gasteiger partial charge < -0.3 is 14.6 Å². The Hall–Kier alpha value is -2.33. The van der Waals surface area contributed by atoms with E-state index >= 15 is 0 Å². The first-order valence-corrected chi connectivity index (χ1v) is 7.22. The van der Waals surface area contributed by atoms with Crippen LogP contribution in [0.2, 0.25) is 0 Å². The van der Waals surface area contributed by atoms with Gasteiger partial charge in [0.1, 0.15) is 5.76 Å². The highest BCUT2D eigenvalue weighted by molar-refractivity contribution is 5.84. The number of fused-ring (bicyclic) bond motifs is 1. The van der Waals surface area contributed by atoms with Crippen molar-refractivity contribution in [3.8, 4) is 0 Å². The van der Waals surface area contributed by atoms with E-state index in [1.807, 2.05) is 42.5 Å². The predicted octanol–water partition coefficient (Wildman–Crippen LogP) is 3.46. The minimum Gasteiger partial charge on any atom is -0.457 e. The van der Waals surface area contributed by atoms with Gasteiger partial charge in [-0.05, 0) is 22.4 Å². The number of carbonyl (C=O) groups is 1. The van der Waals surface area contributed by atoms with E-state index in [1.165, 1.54) is 6.08 Å². The van der Waals surface area contributed by atoms with E-state index in [0.29, 0.717) is 5.76 Å². The predicted molar refractivity (Wildman–Crippen MR) is 82.9 cm³/mol. The molecule has 1 atom stereocenters. The molecule has 0 fully saturated rings. The number of cyclic esters (lactones) is 1. The van der Waals surface area contributed by atoms with Crippen molar-refractivity contribution in [1.29, 1.82) is 0 Å². The number of ether oxygens (including phenoxy) is 2. The number of hydrogen-bond donors (Lipinski definition) is 1. The fourth-order valence-electron chi connectivity index (χ4n) is 2.59.